The first-order valence-corrected chi connectivity index (χ1v) is 8.69. The molecule has 20 heavy (non-hydrogen) atoms. The molecule has 0 amide bonds. The van der Waals surface area contributed by atoms with E-state index in [9.17, 15) is 5.26 Å². The van der Waals surface area contributed by atoms with Crippen LogP contribution in [0.4, 0.5) is 0 Å². The van der Waals surface area contributed by atoms with Crippen LogP contribution in [-0.2, 0) is 0 Å². The summed E-state index contributed by atoms with van der Waals surface area (Å²) in [4.78, 5) is 2.51. The molecular weight excluding hydrogens is 246 g/mol. The second-order valence-corrected chi connectivity index (χ2v) is 7.72. The molecule has 1 heterocycles. The van der Waals surface area contributed by atoms with Gasteiger partial charge in [-0.25, -0.2) is 0 Å². The second kappa shape index (κ2) is 5.31. The summed E-state index contributed by atoms with van der Waals surface area (Å²) >= 11 is 0. The predicted octanol–water partition coefficient (Wildman–Crippen LogP) is 2.25. The Bertz CT molecular complexity index is 364. The zero-order valence-corrected chi connectivity index (χ0v) is 12.4. The molecule has 1 N–H and O–H groups in total. The summed E-state index contributed by atoms with van der Waals surface area (Å²) in [6.07, 6.45) is 8.43. The van der Waals surface area contributed by atoms with E-state index in [1.807, 2.05) is 0 Å². The van der Waals surface area contributed by atoms with Gasteiger partial charge in [0.05, 0.1) is 6.07 Å². The molecule has 5 fully saturated rings. The largest absolute Gasteiger partial charge is 0.315 e. The summed E-state index contributed by atoms with van der Waals surface area (Å²) in [6, 6.07) is 2.92. The first kappa shape index (κ1) is 13.1. The maximum absolute atomic E-state index is 9.84. The molecule has 0 aromatic rings. The molecule has 5 aliphatic rings. The Hall–Kier alpha value is -0.590. The third kappa shape index (κ3) is 2.18. The highest BCUT2D eigenvalue weighted by atomic mass is 15.2. The lowest BCUT2D eigenvalue weighted by Crippen LogP contribution is -2.54. The number of hydrogen-bond acceptors (Lipinski definition) is 3. The molecule has 0 radical (unpaired) electrons. The second-order valence-electron chi connectivity index (χ2n) is 7.72. The van der Waals surface area contributed by atoms with E-state index < -0.39 is 0 Å². The minimum absolute atomic E-state index is 0.199. The summed E-state index contributed by atoms with van der Waals surface area (Å²) in [7, 11) is 0. The van der Waals surface area contributed by atoms with Crippen LogP contribution in [0.25, 0.3) is 0 Å². The van der Waals surface area contributed by atoms with Crippen LogP contribution in [0, 0.1) is 40.9 Å². The maximum Gasteiger partial charge on any atom is 0.101 e. The molecule has 5 rings (SSSR count). The van der Waals surface area contributed by atoms with E-state index in [0.29, 0.717) is 5.92 Å². The third-order valence-corrected chi connectivity index (χ3v) is 6.56. The summed E-state index contributed by atoms with van der Waals surface area (Å²) in [5, 5.41) is 13.3. The monoisotopic (exact) mass is 273 g/mol. The number of nitrogens with one attached hydrogen (secondary N) is 1. The average Bonchev–Trinajstić information content (AvgIpc) is 2.71. The Morgan fingerprint density at radius 3 is 2.30 bits per heavy atom. The van der Waals surface area contributed by atoms with Crippen LogP contribution in [0.1, 0.15) is 38.5 Å². The van der Waals surface area contributed by atoms with Gasteiger partial charge in [0.25, 0.3) is 0 Å². The quantitative estimate of drug-likeness (QED) is 0.838. The molecule has 1 unspecified atom stereocenters. The van der Waals surface area contributed by atoms with Crippen molar-refractivity contribution in [2.75, 3.05) is 26.2 Å². The highest BCUT2D eigenvalue weighted by Gasteiger charge is 2.51. The van der Waals surface area contributed by atoms with Gasteiger partial charge in [0.1, 0.15) is 6.04 Å². The maximum atomic E-state index is 9.84. The molecule has 3 heteroatoms. The van der Waals surface area contributed by atoms with Crippen molar-refractivity contribution in [3.63, 3.8) is 0 Å². The van der Waals surface area contributed by atoms with Crippen molar-refractivity contribution in [2.45, 2.75) is 44.6 Å². The van der Waals surface area contributed by atoms with Crippen molar-refractivity contribution >= 4 is 0 Å². The highest BCUT2D eigenvalue weighted by Crippen LogP contribution is 2.57. The van der Waals surface area contributed by atoms with Gasteiger partial charge in [-0.3, -0.25) is 4.90 Å². The Labute approximate surface area is 122 Å². The molecule has 1 aliphatic heterocycles. The van der Waals surface area contributed by atoms with Crippen molar-refractivity contribution in [3.05, 3.63) is 0 Å². The van der Waals surface area contributed by atoms with Crippen LogP contribution in [0.15, 0.2) is 0 Å². The molecule has 0 aromatic carbocycles. The molecule has 1 saturated heterocycles. The van der Waals surface area contributed by atoms with Crippen LogP contribution in [0.2, 0.25) is 0 Å². The Balaban J connectivity index is 1.54. The van der Waals surface area contributed by atoms with Crippen LogP contribution >= 0.6 is 0 Å². The molecule has 0 spiro atoms. The van der Waals surface area contributed by atoms with Gasteiger partial charge in [0.15, 0.2) is 0 Å². The van der Waals surface area contributed by atoms with Crippen molar-refractivity contribution in [3.8, 4) is 6.07 Å². The van der Waals surface area contributed by atoms with Crippen molar-refractivity contribution in [1.29, 1.82) is 5.26 Å². The van der Waals surface area contributed by atoms with Crippen LogP contribution in [0.5, 0.6) is 0 Å². The number of nitriles is 1. The van der Waals surface area contributed by atoms with E-state index in [1.54, 1.807) is 0 Å². The van der Waals surface area contributed by atoms with Gasteiger partial charge in [-0.2, -0.15) is 5.26 Å². The van der Waals surface area contributed by atoms with Crippen molar-refractivity contribution < 1.29 is 0 Å². The number of rotatable bonds is 2. The zero-order valence-electron chi connectivity index (χ0n) is 12.4. The van der Waals surface area contributed by atoms with Gasteiger partial charge >= 0.3 is 0 Å². The van der Waals surface area contributed by atoms with Crippen LogP contribution in [-0.4, -0.2) is 37.1 Å². The molecule has 3 nitrogen and oxygen atoms in total. The minimum Gasteiger partial charge on any atom is -0.315 e. The van der Waals surface area contributed by atoms with Gasteiger partial charge in [-0.1, -0.05) is 0 Å². The van der Waals surface area contributed by atoms with Gasteiger partial charge in [0, 0.05) is 19.6 Å². The fraction of sp³-hybridized carbons (Fsp3) is 0.941. The molecule has 4 bridgehead atoms. The summed E-state index contributed by atoms with van der Waals surface area (Å²) in [5.41, 5.74) is 0. The topological polar surface area (TPSA) is 39.1 Å². The molecule has 110 valence electrons. The molecular formula is C17H27N3. The van der Waals surface area contributed by atoms with E-state index in [0.717, 1.165) is 49.9 Å². The fourth-order valence-electron chi connectivity index (χ4n) is 6.04. The molecule has 0 aromatic heterocycles. The van der Waals surface area contributed by atoms with E-state index >= 15 is 0 Å². The molecule has 1 atom stereocenters. The van der Waals surface area contributed by atoms with Gasteiger partial charge < -0.3 is 5.32 Å². The number of nitrogens with zero attached hydrogens (tertiary/aromatic N) is 2. The number of hydrogen-bond donors (Lipinski definition) is 1. The molecule has 4 aliphatic carbocycles. The lowest BCUT2D eigenvalue weighted by Gasteiger charge is -2.56. The first-order chi connectivity index (χ1) is 9.85. The Morgan fingerprint density at radius 2 is 1.65 bits per heavy atom. The first-order valence-electron chi connectivity index (χ1n) is 8.69. The van der Waals surface area contributed by atoms with E-state index in [2.05, 4.69) is 16.3 Å². The smallest absolute Gasteiger partial charge is 0.101 e. The fourth-order valence-corrected chi connectivity index (χ4v) is 6.04. The standard InChI is InChI=1S/C17H27N3/c18-11-16(20-4-1-2-19-3-5-20)17-14-7-12-6-13(9-14)10-15(17)8-12/h12-17,19H,1-10H2. The summed E-state index contributed by atoms with van der Waals surface area (Å²) < 4.78 is 0. The Morgan fingerprint density at radius 1 is 0.950 bits per heavy atom. The predicted molar refractivity (Wildman–Crippen MR) is 79.0 cm³/mol. The summed E-state index contributed by atoms with van der Waals surface area (Å²) in [6.45, 7) is 4.37. The van der Waals surface area contributed by atoms with E-state index in [-0.39, 0.29) is 6.04 Å². The molecule has 4 saturated carbocycles. The average molecular weight is 273 g/mol. The lowest BCUT2D eigenvalue weighted by molar-refractivity contribution is -0.0620. The zero-order chi connectivity index (χ0) is 13.5. The normalized spacial score (nSPS) is 45.9. The van der Waals surface area contributed by atoms with Gasteiger partial charge in [-0.05, 0) is 74.7 Å². The summed E-state index contributed by atoms with van der Waals surface area (Å²) in [5.74, 6) is 4.45. The highest BCUT2D eigenvalue weighted by molar-refractivity contribution is 5.08. The van der Waals surface area contributed by atoms with Crippen molar-refractivity contribution in [1.82, 2.24) is 10.2 Å². The van der Waals surface area contributed by atoms with Crippen LogP contribution < -0.4 is 5.32 Å². The SMILES string of the molecule is N#CC(C1C2CC3CC(C2)CC1C3)N1CCCNCC1. The third-order valence-electron chi connectivity index (χ3n) is 6.56. The van der Waals surface area contributed by atoms with Crippen molar-refractivity contribution in [2.24, 2.45) is 29.6 Å². The van der Waals surface area contributed by atoms with Gasteiger partial charge in [-0.15, -0.1) is 0 Å². The van der Waals surface area contributed by atoms with E-state index in [1.165, 1.54) is 38.5 Å². The van der Waals surface area contributed by atoms with E-state index in [4.69, 9.17) is 0 Å². The van der Waals surface area contributed by atoms with Gasteiger partial charge in [0.2, 0.25) is 0 Å². The van der Waals surface area contributed by atoms with Crippen LogP contribution in [0.3, 0.4) is 0 Å². The Kier molecular flexibility index (Phi) is 3.48. The lowest BCUT2D eigenvalue weighted by atomic mass is 9.50. The minimum atomic E-state index is 0.199.